The maximum atomic E-state index is 11.9. The van der Waals surface area contributed by atoms with E-state index < -0.39 is 5.56 Å². The average molecular weight is 292 g/mol. The van der Waals surface area contributed by atoms with E-state index >= 15 is 0 Å². The molecule has 0 unspecified atom stereocenters. The Morgan fingerprint density at radius 3 is 2.43 bits per heavy atom. The minimum absolute atomic E-state index is 0.0808. The molecule has 114 valence electrons. The van der Waals surface area contributed by atoms with E-state index in [0.717, 1.165) is 17.7 Å². The SMILES string of the molecule is CCc1c(C(C)C)n[nH]c1/N=N/c1c(O)n(C)n(C)c1=O. The minimum Gasteiger partial charge on any atom is -0.492 e. The topological polar surface area (TPSA) is 101 Å². The van der Waals surface area contributed by atoms with Gasteiger partial charge in [0, 0.05) is 19.7 Å². The van der Waals surface area contributed by atoms with Gasteiger partial charge < -0.3 is 5.11 Å². The fourth-order valence-corrected chi connectivity index (χ4v) is 2.15. The molecule has 2 aromatic heterocycles. The van der Waals surface area contributed by atoms with Crippen LogP contribution in [0.25, 0.3) is 0 Å². The Kier molecular flexibility index (Phi) is 3.97. The molecule has 0 aromatic carbocycles. The fraction of sp³-hybridized carbons (Fsp3) is 0.538. The van der Waals surface area contributed by atoms with Gasteiger partial charge in [0.2, 0.25) is 11.6 Å². The molecule has 0 aliphatic carbocycles. The monoisotopic (exact) mass is 292 g/mol. The molecule has 2 aromatic rings. The van der Waals surface area contributed by atoms with Crippen LogP contribution in [0, 0.1) is 0 Å². The lowest BCUT2D eigenvalue weighted by Crippen LogP contribution is -2.16. The Morgan fingerprint density at radius 1 is 1.29 bits per heavy atom. The number of H-pyrrole nitrogens is 1. The summed E-state index contributed by atoms with van der Waals surface area (Å²) in [7, 11) is 3.12. The Labute approximate surface area is 122 Å². The summed E-state index contributed by atoms with van der Waals surface area (Å²) < 4.78 is 2.57. The van der Waals surface area contributed by atoms with Gasteiger partial charge in [0.1, 0.15) is 0 Å². The summed E-state index contributed by atoms with van der Waals surface area (Å²) in [5.41, 5.74) is 1.43. The number of nitrogens with zero attached hydrogens (tertiary/aromatic N) is 5. The number of hydrogen-bond acceptors (Lipinski definition) is 5. The molecule has 2 rings (SSSR count). The second kappa shape index (κ2) is 5.55. The van der Waals surface area contributed by atoms with Gasteiger partial charge in [-0.1, -0.05) is 20.8 Å². The van der Waals surface area contributed by atoms with Crippen molar-refractivity contribution in [1.82, 2.24) is 19.6 Å². The minimum atomic E-state index is -0.402. The smallest absolute Gasteiger partial charge is 0.298 e. The molecule has 0 spiro atoms. The zero-order valence-electron chi connectivity index (χ0n) is 12.9. The van der Waals surface area contributed by atoms with Gasteiger partial charge in [-0.2, -0.15) is 5.10 Å². The highest BCUT2D eigenvalue weighted by molar-refractivity contribution is 5.47. The van der Waals surface area contributed by atoms with Crippen molar-refractivity contribution < 1.29 is 5.11 Å². The van der Waals surface area contributed by atoms with Crippen LogP contribution in [-0.2, 0) is 20.5 Å². The molecule has 0 fully saturated rings. The first-order valence-corrected chi connectivity index (χ1v) is 6.82. The van der Waals surface area contributed by atoms with Gasteiger partial charge in [0.25, 0.3) is 5.56 Å². The van der Waals surface area contributed by atoms with Crippen LogP contribution in [0.1, 0.15) is 37.9 Å². The molecule has 2 N–H and O–H groups in total. The maximum absolute atomic E-state index is 11.9. The van der Waals surface area contributed by atoms with Gasteiger partial charge in [-0.15, -0.1) is 10.2 Å². The van der Waals surface area contributed by atoms with Gasteiger partial charge in [0.05, 0.1) is 5.69 Å². The molecule has 0 aliphatic heterocycles. The summed E-state index contributed by atoms with van der Waals surface area (Å²) in [6.07, 6.45) is 0.761. The number of hydrogen-bond donors (Lipinski definition) is 2. The summed E-state index contributed by atoms with van der Waals surface area (Å²) in [4.78, 5) is 11.9. The van der Waals surface area contributed by atoms with Gasteiger partial charge in [-0.3, -0.25) is 14.6 Å². The Hall–Kier alpha value is -2.38. The number of rotatable bonds is 4. The zero-order chi connectivity index (χ0) is 15.7. The average Bonchev–Trinajstić information content (AvgIpc) is 2.94. The van der Waals surface area contributed by atoms with E-state index in [2.05, 4.69) is 34.3 Å². The zero-order valence-corrected chi connectivity index (χ0v) is 12.9. The summed E-state index contributed by atoms with van der Waals surface area (Å²) in [5.74, 6) is 0.581. The molecular weight excluding hydrogens is 272 g/mol. The molecule has 0 amide bonds. The molecule has 0 radical (unpaired) electrons. The summed E-state index contributed by atoms with van der Waals surface area (Å²) in [6, 6.07) is 0. The number of aromatic nitrogens is 4. The molecule has 0 bridgehead atoms. The summed E-state index contributed by atoms with van der Waals surface area (Å²) in [6.45, 7) is 6.11. The second-order valence-electron chi connectivity index (χ2n) is 5.17. The molecule has 0 saturated carbocycles. The van der Waals surface area contributed by atoms with Crippen LogP contribution in [0.4, 0.5) is 11.5 Å². The highest BCUT2D eigenvalue weighted by atomic mass is 16.3. The molecule has 0 atom stereocenters. The van der Waals surface area contributed by atoms with Crippen LogP contribution < -0.4 is 5.56 Å². The highest BCUT2D eigenvalue weighted by Gasteiger charge is 2.17. The van der Waals surface area contributed by atoms with E-state index in [-0.39, 0.29) is 17.5 Å². The summed E-state index contributed by atoms with van der Waals surface area (Å²) in [5, 5.41) is 24.9. The van der Waals surface area contributed by atoms with E-state index in [0.29, 0.717) is 5.82 Å². The lowest BCUT2D eigenvalue weighted by atomic mass is 10.0. The van der Waals surface area contributed by atoms with Crippen LogP contribution in [-0.4, -0.2) is 24.7 Å². The van der Waals surface area contributed by atoms with Crippen molar-refractivity contribution in [3.8, 4) is 5.88 Å². The number of nitrogens with one attached hydrogen (secondary N) is 1. The van der Waals surface area contributed by atoms with Crippen LogP contribution in [0.2, 0.25) is 0 Å². The van der Waals surface area contributed by atoms with Crippen LogP contribution in [0.3, 0.4) is 0 Å². The normalized spacial score (nSPS) is 11.9. The van der Waals surface area contributed by atoms with Crippen molar-refractivity contribution in [1.29, 1.82) is 0 Å². The van der Waals surface area contributed by atoms with Crippen molar-refractivity contribution in [2.24, 2.45) is 24.3 Å². The van der Waals surface area contributed by atoms with Gasteiger partial charge in [-0.05, 0) is 12.3 Å². The lowest BCUT2D eigenvalue weighted by molar-refractivity contribution is 0.398. The lowest BCUT2D eigenvalue weighted by Gasteiger charge is -2.02. The largest absolute Gasteiger partial charge is 0.492 e. The first-order valence-electron chi connectivity index (χ1n) is 6.82. The van der Waals surface area contributed by atoms with Gasteiger partial charge >= 0.3 is 0 Å². The van der Waals surface area contributed by atoms with Crippen LogP contribution >= 0.6 is 0 Å². The first kappa shape index (κ1) is 15.0. The van der Waals surface area contributed by atoms with Crippen molar-refractivity contribution in [3.63, 3.8) is 0 Å². The molecule has 0 saturated heterocycles. The second-order valence-corrected chi connectivity index (χ2v) is 5.17. The maximum Gasteiger partial charge on any atom is 0.298 e. The van der Waals surface area contributed by atoms with Gasteiger partial charge in [0.15, 0.2) is 5.82 Å². The Morgan fingerprint density at radius 2 is 1.95 bits per heavy atom. The number of aromatic amines is 1. The van der Waals surface area contributed by atoms with E-state index in [4.69, 9.17) is 0 Å². The van der Waals surface area contributed by atoms with Crippen LogP contribution in [0.15, 0.2) is 15.0 Å². The third-order valence-electron chi connectivity index (χ3n) is 3.49. The molecule has 2 heterocycles. The highest BCUT2D eigenvalue weighted by Crippen LogP contribution is 2.28. The van der Waals surface area contributed by atoms with Gasteiger partial charge in [-0.25, -0.2) is 4.68 Å². The predicted molar refractivity (Wildman–Crippen MR) is 78.5 cm³/mol. The van der Waals surface area contributed by atoms with Crippen molar-refractivity contribution in [3.05, 3.63) is 21.6 Å². The Bertz CT molecular complexity index is 735. The van der Waals surface area contributed by atoms with E-state index in [1.54, 1.807) is 14.1 Å². The van der Waals surface area contributed by atoms with E-state index in [1.165, 1.54) is 9.36 Å². The van der Waals surface area contributed by atoms with Crippen LogP contribution in [0.5, 0.6) is 5.88 Å². The molecule has 8 heteroatoms. The van der Waals surface area contributed by atoms with E-state index in [9.17, 15) is 9.90 Å². The first-order chi connectivity index (χ1) is 9.88. The quantitative estimate of drug-likeness (QED) is 0.845. The molecular formula is C13H20N6O2. The summed E-state index contributed by atoms with van der Waals surface area (Å²) >= 11 is 0. The fourth-order valence-electron chi connectivity index (χ4n) is 2.15. The number of aromatic hydroxyl groups is 1. The molecule has 21 heavy (non-hydrogen) atoms. The van der Waals surface area contributed by atoms with Crippen molar-refractivity contribution in [2.75, 3.05) is 0 Å². The molecule has 0 aliphatic rings. The predicted octanol–water partition coefficient (Wildman–Crippen LogP) is 2.25. The van der Waals surface area contributed by atoms with Crippen molar-refractivity contribution >= 4 is 11.5 Å². The third-order valence-corrected chi connectivity index (χ3v) is 3.49. The van der Waals surface area contributed by atoms with Crippen molar-refractivity contribution in [2.45, 2.75) is 33.1 Å². The van der Waals surface area contributed by atoms with E-state index in [1.807, 2.05) is 6.92 Å². The number of azo groups is 1. The third kappa shape index (κ3) is 2.48. The Balaban J connectivity index is 2.44. The molecule has 8 nitrogen and oxygen atoms in total. The standard InChI is InChI=1S/C13H20N6O2/c1-6-8-9(7(2)3)14-16-11(8)17-15-10-12(20)18(4)19(5)13(10)21/h7,20H,6H2,1-5H3,(H,14,16)/b17-15+.